The van der Waals surface area contributed by atoms with Crippen LogP contribution in [0.2, 0.25) is 0 Å². The van der Waals surface area contributed by atoms with E-state index in [0.29, 0.717) is 0 Å². The molecule has 154 valence electrons. The lowest BCUT2D eigenvalue weighted by atomic mass is 9.88. The fraction of sp³-hybridized carbons (Fsp3) is 0.333. The molecule has 0 aromatic heterocycles. The van der Waals surface area contributed by atoms with Crippen molar-refractivity contribution in [2.75, 3.05) is 20.7 Å². The van der Waals surface area contributed by atoms with Gasteiger partial charge in [0.1, 0.15) is 0 Å². The highest BCUT2D eigenvalue weighted by atomic mass is 32.2. The molecule has 0 unspecified atom stereocenters. The molecule has 29 heavy (non-hydrogen) atoms. The number of aryl methyl sites for hydroxylation is 1. The van der Waals surface area contributed by atoms with Gasteiger partial charge in [-0.25, -0.2) is 17.5 Å². The average molecular weight is 416 g/mol. The van der Waals surface area contributed by atoms with E-state index in [1.54, 1.807) is 0 Å². The fourth-order valence-electron chi connectivity index (χ4n) is 3.35. The summed E-state index contributed by atoms with van der Waals surface area (Å²) in [6, 6.07) is 13.4. The first kappa shape index (κ1) is 21.0. The molecule has 0 aliphatic heterocycles. The summed E-state index contributed by atoms with van der Waals surface area (Å²) in [5.41, 5.74) is 2.39. The molecular weight excluding hydrogens is 392 g/mol. The van der Waals surface area contributed by atoms with E-state index in [-0.39, 0.29) is 16.5 Å². The molecule has 1 amide bonds. The Morgan fingerprint density at radius 3 is 2.66 bits per heavy atom. The van der Waals surface area contributed by atoms with Gasteiger partial charge in [0.05, 0.1) is 16.5 Å². The number of ether oxygens (including phenoxy) is 1. The van der Waals surface area contributed by atoms with Crippen LogP contribution in [0.4, 0.5) is 0 Å². The predicted octanol–water partition coefficient (Wildman–Crippen LogP) is 2.29. The maximum absolute atomic E-state index is 12.3. The fourth-order valence-corrected chi connectivity index (χ4v) is 4.30. The van der Waals surface area contributed by atoms with Gasteiger partial charge in [0.2, 0.25) is 10.0 Å². The maximum Gasteiger partial charge on any atom is 0.338 e. The Bertz CT molecular complexity index is 1020. The summed E-state index contributed by atoms with van der Waals surface area (Å²) in [7, 11) is -0.844. The highest BCUT2D eigenvalue weighted by molar-refractivity contribution is 7.89. The van der Waals surface area contributed by atoms with Crippen LogP contribution in [0.15, 0.2) is 53.4 Å². The van der Waals surface area contributed by atoms with Gasteiger partial charge in [-0.1, -0.05) is 30.3 Å². The molecule has 1 atom stereocenters. The van der Waals surface area contributed by atoms with Gasteiger partial charge < -0.3 is 10.1 Å². The molecule has 0 fully saturated rings. The summed E-state index contributed by atoms with van der Waals surface area (Å²) < 4.78 is 30.6. The van der Waals surface area contributed by atoms with E-state index in [9.17, 15) is 18.0 Å². The number of carbonyl (C=O) groups excluding carboxylic acids is 2. The number of nitrogens with zero attached hydrogens (tertiary/aromatic N) is 1. The van der Waals surface area contributed by atoms with Crippen molar-refractivity contribution in [2.45, 2.75) is 30.2 Å². The second-order valence-electron chi connectivity index (χ2n) is 7.10. The maximum atomic E-state index is 12.3. The number of hydrogen-bond donors (Lipinski definition) is 1. The summed E-state index contributed by atoms with van der Waals surface area (Å²) >= 11 is 0. The van der Waals surface area contributed by atoms with E-state index < -0.39 is 28.5 Å². The first-order valence-corrected chi connectivity index (χ1v) is 10.8. The standard InChI is InChI=1S/C21H24N2O5S/c1-23(2)29(26,27)17-10-5-9-16(13-17)21(25)28-14-20(24)22-19-12-6-8-15-7-3-4-11-18(15)19/h3-5,7,9-11,13,19H,6,8,12,14H2,1-2H3,(H,22,24)/t19-/m0/s1. The van der Waals surface area contributed by atoms with Crippen LogP contribution >= 0.6 is 0 Å². The molecule has 7 nitrogen and oxygen atoms in total. The van der Waals surface area contributed by atoms with E-state index in [4.69, 9.17) is 4.74 Å². The molecule has 2 aromatic carbocycles. The van der Waals surface area contributed by atoms with Gasteiger partial charge in [0.15, 0.2) is 6.61 Å². The Hall–Kier alpha value is -2.71. The van der Waals surface area contributed by atoms with E-state index >= 15 is 0 Å². The predicted molar refractivity (Wildman–Crippen MR) is 108 cm³/mol. The van der Waals surface area contributed by atoms with Crippen LogP contribution in [-0.2, 0) is 26.0 Å². The van der Waals surface area contributed by atoms with Gasteiger partial charge in [0.25, 0.3) is 5.91 Å². The number of sulfonamides is 1. The lowest BCUT2D eigenvalue weighted by Crippen LogP contribution is -2.34. The Morgan fingerprint density at radius 2 is 1.90 bits per heavy atom. The molecule has 0 bridgehead atoms. The second kappa shape index (κ2) is 8.75. The molecule has 0 saturated carbocycles. The number of rotatable bonds is 6. The highest BCUT2D eigenvalue weighted by Crippen LogP contribution is 2.29. The largest absolute Gasteiger partial charge is 0.452 e. The van der Waals surface area contributed by atoms with E-state index in [1.807, 2.05) is 18.2 Å². The first-order chi connectivity index (χ1) is 13.8. The highest BCUT2D eigenvalue weighted by Gasteiger charge is 2.23. The number of benzene rings is 2. The van der Waals surface area contributed by atoms with Crippen LogP contribution in [0.3, 0.4) is 0 Å². The number of carbonyl (C=O) groups is 2. The minimum atomic E-state index is -3.67. The zero-order valence-electron chi connectivity index (χ0n) is 16.4. The van der Waals surface area contributed by atoms with Crippen molar-refractivity contribution in [1.82, 2.24) is 9.62 Å². The summed E-state index contributed by atoms with van der Waals surface area (Å²) in [6.45, 7) is -0.428. The lowest BCUT2D eigenvalue weighted by Gasteiger charge is -2.26. The molecule has 1 aliphatic carbocycles. The monoisotopic (exact) mass is 416 g/mol. The van der Waals surface area contributed by atoms with Gasteiger partial charge in [-0.15, -0.1) is 0 Å². The third kappa shape index (κ3) is 4.83. The molecule has 2 aromatic rings. The van der Waals surface area contributed by atoms with Crippen molar-refractivity contribution in [3.05, 3.63) is 65.2 Å². The van der Waals surface area contributed by atoms with Crippen LogP contribution < -0.4 is 5.32 Å². The molecule has 1 N–H and O–H groups in total. The van der Waals surface area contributed by atoms with E-state index in [1.165, 1.54) is 43.9 Å². The number of amides is 1. The molecule has 8 heteroatoms. The van der Waals surface area contributed by atoms with Crippen molar-refractivity contribution in [2.24, 2.45) is 0 Å². The number of fused-ring (bicyclic) bond motifs is 1. The molecule has 3 rings (SSSR count). The first-order valence-electron chi connectivity index (χ1n) is 9.36. The van der Waals surface area contributed by atoms with Crippen LogP contribution in [-0.4, -0.2) is 45.3 Å². The zero-order chi connectivity index (χ0) is 21.0. The smallest absolute Gasteiger partial charge is 0.338 e. The van der Waals surface area contributed by atoms with Gasteiger partial charge in [0, 0.05) is 14.1 Å². The topological polar surface area (TPSA) is 92.8 Å². The summed E-state index contributed by atoms with van der Waals surface area (Å²) in [6.07, 6.45) is 2.81. The zero-order valence-corrected chi connectivity index (χ0v) is 17.2. The SMILES string of the molecule is CN(C)S(=O)(=O)c1cccc(C(=O)OCC(=O)N[C@H]2CCCc3ccccc32)c1. The molecule has 0 saturated heterocycles. The van der Waals surface area contributed by atoms with E-state index in [2.05, 4.69) is 11.4 Å². The van der Waals surface area contributed by atoms with Crippen LogP contribution in [0, 0.1) is 0 Å². The number of nitrogens with one attached hydrogen (secondary N) is 1. The van der Waals surface area contributed by atoms with Gasteiger partial charge in [-0.05, 0) is 48.6 Å². The normalized spacial score (nSPS) is 16.2. The molecule has 1 aliphatic rings. The summed E-state index contributed by atoms with van der Waals surface area (Å²) in [5, 5.41) is 2.91. The van der Waals surface area contributed by atoms with Crippen molar-refractivity contribution in [3.8, 4) is 0 Å². The Balaban J connectivity index is 1.61. The van der Waals surface area contributed by atoms with Crippen LogP contribution in [0.5, 0.6) is 0 Å². The van der Waals surface area contributed by atoms with Crippen molar-refractivity contribution < 1.29 is 22.7 Å². The minimum absolute atomic E-state index is 0.0137. The molecular formula is C21H24N2O5S. The van der Waals surface area contributed by atoms with Gasteiger partial charge in [-0.2, -0.15) is 0 Å². The third-order valence-corrected chi connectivity index (χ3v) is 6.70. The molecule has 0 spiro atoms. The number of hydrogen-bond acceptors (Lipinski definition) is 5. The van der Waals surface area contributed by atoms with Gasteiger partial charge in [-0.3, -0.25) is 4.79 Å². The van der Waals surface area contributed by atoms with Gasteiger partial charge >= 0.3 is 5.97 Å². The molecule has 0 radical (unpaired) electrons. The number of esters is 1. The Kier molecular flexibility index (Phi) is 6.34. The van der Waals surface area contributed by atoms with Crippen LogP contribution in [0.1, 0.15) is 40.4 Å². The van der Waals surface area contributed by atoms with E-state index in [0.717, 1.165) is 29.1 Å². The van der Waals surface area contributed by atoms with Crippen molar-refractivity contribution >= 4 is 21.9 Å². The second-order valence-corrected chi connectivity index (χ2v) is 9.25. The Morgan fingerprint density at radius 1 is 1.14 bits per heavy atom. The minimum Gasteiger partial charge on any atom is -0.452 e. The average Bonchev–Trinajstić information content (AvgIpc) is 2.72. The lowest BCUT2D eigenvalue weighted by molar-refractivity contribution is -0.125. The van der Waals surface area contributed by atoms with Crippen LogP contribution in [0.25, 0.3) is 0 Å². The Labute approximate surface area is 170 Å². The third-order valence-electron chi connectivity index (χ3n) is 4.89. The molecule has 0 heterocycles. The quantitative estimate of drug-likeness (QED) is 0.730. The van der Waals surface area contributed by atoms with Crippen molar-refractivity contribution in [1.29, 1.82) is 0 Å². The summed E-state index contributed by atoms with van der Waals surface area (Å²) in [5.74, 6) is -1.14. The van der Waals surface area contributed by atoms with Crippen molar-refractivity contribution in [3.63, 3.8) is 0 Å². The summed E-state index contributed by atoms with van der Waals surface area (Å²) in [4.78, 5) is 24.5.